The smallest absolute Gasteiger partial charge is 0.155 e. The molecule has 0 spiro atoms. The summed E-state index contributed by atoms with van der Waals surface area (Å²) in [7, 11) is 0. The first kappa shape index (κ1) is 15.1. The Morgan fingerprint density at radius 3 is 2.38 bits per heavy atom. The van der Waals surface area contributed by atoms with Gasteiger partial charge in [0.2, 0.25) is 0 Å². The van der Waals surface area contributed by atoms with Crippen LogP contribution in [0.25, 0.3) is 0 Å². The average Bonchev–Trinajstić information content (AvgIpc) is 2.35. The zero-order valence-electron chi connectivity index (χ0n) is 11.1. The summed E-state index contributed by atoms with van der Waals surface area (Å²) in [5, 5.41) is 2.80. The van der Waals surface area contributed by atoms with Gasteiger partial charge in [0.1, 0.15) is 0 Å². The van der Waals surface area contributed by atoms with Crippen molar-refractivity contribution in [3.8, 4) is 0 Å². The minimum atomic E-state index is -0.861. The van der Waals surface area contributed by atoms with Gasteiger partial charge in [0, 0.05) is 13.0 Å². The fourth-order valence-corrected chi connectivity index (χ4v) is 1.60. The van der Waals surface area contributed by atoms with Crippen LogP contribution < -0.4 is 5.32 Å². The highest BCUT2D eigenvalue weighted by Crippen LogP contribution is 2.18. The van der Waals surface area contributed by atoms with Gasteiger partial charge in [-0.15, -0.1) is 0 Å². The van der Waals surface area contributed by atoms with Gasteiger partial charge in [-0.25, -0.2) is 4.39 Å². The van der Waals surface area contributed by atoms with Crippen LogP contribution in [0.1, 0.15) is 44.4 Å². The predicted octanol–water partition coefficient (Wildman–Crippen LogP) is 3.99. The van der Waals surface area contributed by atoms with Gasteiger partial charge >= 0.3 is 0 Å². The molecule has 0 saturated carbocycles. The molecule has 0 saturated heterocycles. The van der Waals surface area contributed by atoms with Crippen LogP contribution >= 0.6 is 0 Å². The van der Waals surface area contributed by atoms with Crippen molar-refractivity contribution in [2.24, 2.45) is 0 Å². The van der Waals surface area contributed by atoms with E-state index in [0.29, 0.717) is 13.0 Å². The minimum absolute atomic E-state index is 0.510. The maximum absolute atomic E-state index is 12.9. The van der Waals surface area contributed by atoms with E-state index in [2.05, 4.69) is 18.3 Å². The van der Waals surface area contributed by atoms with E-state index in [-0.39, 0.29) is 0 Å². The number of aryl methyl sites for hydroxylation is 1. The van der Waals surface area contributed by atoms with E-state index in [4.69, 9.17) is 0 Å². The quantitative estimate of drug-likeness (QED) is 0.658. The molecule has 0 fully saturated rings. The van der Waals surface area contributed by atoms with E-state index in [9.17, 15) is 4.39 Å². The van der Waals surface area contributed by atoms with Gasteiger partial charge in [0.25, 0.3) is 0 Å². The highest BCUT2D eigenvalue weighted by atomic mass is 19.1. The van der Waals surface area contributed by atoms with Crippen molar-refractivity contribution in [3.05, 3.63) is 34.9 Å². The number of fused-ring (bicyclic) bond motifs is 1. The maximum Gasteiger partial charge on any atom is 0.155 e. The second-order valence-electron chi connectivity index (χ2n) is 3.32. The van der Waals surface area contributed by atoms with Gasteiger partial charge in [-0.1, -0.05) is 51.5 Å². The first-order valence-corrected chi connectivity index (χ1v) is 6.21. The Balaban J connectivity index is 0.000000509. The molecule has 1 N–H and O–H groups in total. The Morgan fingerprint density at radius 1 is 1.12 bits per heavy atom. The molecule has 1 aliphatic rings. The minimum Gasteiger partial charge on any atom is -0.283 e. The van der Waals surface area contributed by atoms with E-state index >= 15 is 0 Å². The number of hydrogen-bond acceptors (Lipinski definition) is 1. The molecule has 0 amide bonds. The third-order valence-corrected chi connectivity index (χ3v) is 2.27. The Labute approximate surface area is 99.1 Å². The molecule has 1 aliphatic heterocycles. The van der Waals surface area contributed by atoms with Crippen molar-refractivity contribution in [1.29, 1.82) is 0 Å². The van der Waals surface area contributed by atoms with Crippen molar-refractivity contribution >= 4 is 0 Å². The first-order chi connectivity index (χ1) is 7.75. The third kappa shape index (κ3) is 4.31. The van der Waals surface area contributed by atoms with Crippen LogP contribution in [0, 0.1) is 6.92 Å². The molecule has 0 bridgehead atoms. The number of alkyl halides is 1. The summed E-state index contributed by atoms with van der Waals surface area (Å²) in [5.41, 5.74) is 3.63. The molecular weight excluding hydrogens is 201 g/mol. The van der Waals surface area contributed by atoms with Crippen LogP contribution in [0.5, 0.6) is 0 Å². The lowest BCUT2D eigenvalue weighted by molar-refractivity contribution is 0.258. The number of rotatable bonds is 0. The number of benzene rings is 1. The second kappa shape index (κ2) is 8.28. The van der Waals surface area contributed by atoms with Gasteiger partial charge in [0.15, 0.2) is 6.30 Å². The summed E-state index contributed by atoms with van der Waals surface area (Å²) in [4.78, 5) is 0. The summed E-state index contributed by atoms with van der Waals surface area (Å²) >= 11 is 0. The van der Waals surface area contributed by atoms with Crippen LogP contribution in [-0.4, -0.2) is 6.30 Å². The molecule has 2 heteroatoms. The molecule has 92 valence electrons. The molecule has 16 heavy (non-hydrogen) atoms. The number of halogens is 1. The Hall–Kier alpha value is -0.890. The van der Waals surface area contributed by atoms with Crippen molar-refractivity contribution in [2.45, 2.75) is 53.9 Å². The molecule has 0 aliphatic carbocycles. The van der Waals surface area contributed by atoms with Gasteiger partial charge < -0.3 is 0 Å². The molecule has 1 heterocycles. The summed E-state index contributed by atoms with van der Waals surface area (Å²) in [6.07, 6.45) is -0.351. The van der Waals surface area contributed by atoms with Crippen molar-refractivity contribution in [1.82, 2.24) is 5.32 Å². The van der Waals surface area contributed by atoms with Crippen LogP contribution in [0.4, 0.5) is 4.39 Å². The van der Waals surface area contributed by atoms with Crippen LogP contribution in [0.15, 0.2) is 18.2 Å². The Bertz CT molecular complexity index is 297. The van der Waals surface area contributed by atoms with Gasteiger partial charge in [0.05, 0.1) is 0 Å². The van der Waals surface area contributed by atoms with Gasteiger partial charge in [-0.05, 0) is 18.1 Å². The summed E-state index contributed by atoms with van der Waals surface area (Å²) in [5.74, 6) is 0. The molecule has 0 radical (unpaired) electrons. The van der Waals surface area contributed by atoms with Crippen molar-refractivity contribution in [3.63, 3.8) is 0 Å². The van der Waals surface area contributed by atoms with E-state index < -0.39 is 6.30 Å². The van der Waals surface area contributed by atoms with Gasteiger partial charge in [-0.3, -0.25) is 5.32 Å². The predicted molar refractivity (Wildman–Crippen MR) is 69.3 cm³/mol. The highest BCUT2D eigenvalue weighted by molar-refractivity contribution is 5.33. The van der Waals surface area contributed by atoms with E-state index in [1.54, 1.807) is 0 Å². The molecule has 2 rings (SSSR count). The largest absolute Gasteiger partial charge is 0.283 e. The standard InChI is InChI=1S/C10H12FN.2C2H6/c1-7-2-3-8-5-10(11)12-6-9(8)4-7;2*1-2/h2-4,10,12H,5-6H2,1H3;2*1-2H3. The normalized spacial score (nSPS) is 17.2. The summed E-state index contributed by atoms with van der Waals surface area (Å²) in [6.45, 7) is 10.7. The van der Waals surface area contributed by atoms with E-state index in [1.807, 2.05) is 39.8 Å². The zero-order valence-corrected chi connectivity index (χ0v) is 11.1. The molecule has 1 atom stereocenters. The van der Waals surface area contributed by atoms with Crippen LogP contribution in [0.3, 0.4) is 0 Å². The molecule has 1 unspecified atom stereocenters. The molecule has 1 aromatic carbocycles. The van der Waals surface area contributed by atoms with Gasteiger partial charge in [-0.2, -0.15) is 0 Å². The molecule has 0 aromatic heterocycles. The second-order valence-corrected chi connectivity index (χ2v) is 3.32. The monoisotopic (exact) mass is 225 g/mol. The molecular formula is C14H24FN. The topological polar surface area (TPSA) is 12.0 Å². The average molecular weight is 225 g/mol. The zero-order chi connectivity index (χ0) is 12.6. The Kier molecular flexibility index (Phi) is 7.82. The maximum atomic E-state index is 12.9. The van der Waals surface area contributed by atoms with Crippen LogP contribution in [0.2, 0.25) is 0 Å². The lowest BCUT2D eigenvalue weighted by atomic mass is 9.98. The first-order valence-electron chi connectivity index (χ1n) is 6.21. The summed E-state index contributed by atoms with van der Waals surface area (Å²) < 4.78 is 12.9. The highest BCUT2D eigenvalue weighted by Gasteiger charge is 2.15. The fourth-order valence-electron chi connectivity index (χ4n) is 1.60. The molecule has 1 nitrogen and oxygen atoms in total. The summed E-state index contributed by atoms with van der Waals surface area (Å²) in [6, 6.07) is 6.18. The number of nitrogens with one attached hydrogen (secondary N) is 1. The van der Waals surface area contributed by atoms with E-state index in [1.165, 1.54) is 11.1 Å². The van der Waals surface area contributed by atoms with E-state index in [0.717, 1.165) is 5.56 Å². The SMILES string of the molecule is CC.CC.Cc1ccc2c(c1)CNC(F)C2. The van der Waals surface area contributed by atoms with Crippen molar-refractivity contribution < 1.29 is 4.39 Å². The Morgan fingerprint density at radius 2 is 1.75 bits per heavy atom. The fraction of sp³-hybridized carbons (Fsp3) is 0.571. The lowest BCUT2D eigenvalue weighted by Gasteiger charge is -2.20. The molecule has 1 aromatic rings. The number of hydrogen-bond donors (Lipinski definition) is 1. The third-order valence-electron chi connectivity index (χ3n) is 2.27. The van der Waals surface area contributed by atoms with Crippen LogP contribution in [-0.2, 0) is 13.0 Å². The van der Waals surface area contributed by atoms with Crippen molar-refractivity contribution in [2.75, 3.05) is 0 Å². The lowest BCUT2D eigenvalue weighted by Crippen LogP contribution is -2.31.